The molecule has 1 aliphatic carbocycles. The second-order valence-electron chi connectivity index (χ2n) is 9.29. The van der Waals surface area contributed by atoms with Crippen molar-refractivity contribution in [3.05, 3.63) is 34.9 Å². The molecule has 1 saturated carbocycles. The van der Waals surface area contributed by atoms with Gasteiger partial charge in [0, 0.05) is 51.7 Å². The standard InChI is InChI=1S/C23H29N5O4/c24-7-8-26-9-10-27(19(13-26)15-2-3-15)12-14-1-4-16-17(11-14)23(32)28(22(16)31)18-5-6-20(29)25-21(18)30/h1,4,11,15,18-19H,2-3,5-10,12-13,24H2,(H,25,29,30). The second kappa shape index (κ2) is 8.38. The largest absolute Gasteiger partial charge is 0.329 e. The first kappa shape index (κ1) is 21.2. The third-order valence-electron chi connectivity index (χ3n) is 7.12. The maximum atomic E-state index is 13.1. The fraction of sp³-hybridized carbons (Fsp3) is 0.565. The molecule has 3 N–H and O–H groups in total. The van der Waals surface area contributed by atoms with Crippen LogP contribution in [0.1, 0.15) is 52.0 Å². The summed E-state index contributed by atoms with van der Waals surface area (Å²) in [7, 11) is 0. The van der Waals surface area contributed by atoms with Gasteiger partial charge in [0.25, 0.3) is 11.8 Å². The van der Waals surface area contributed by atoms with Crippen molar-refractivity contribution in [2.45, 2.75) is 44.3 Å². The monoisotopic (exact) mass is 439 g/mol. The molecule has 2 unspecified atom stereocenters. The van der Waals surface area contributed by atoms with Crippen molar-refractivity contribution in [1.82, 2.24) is 20.0 Å². The number of nitrogens with two attached hydrogens (primary N) is 1. The van der Waals surface area contributed by atoms with E-state index >= 15 is 0 Å². The van der Waals surface area contributed by atoms with Crippen molar-refractivity contribution in [3.63, 3.8) is 0 Å². The zero-order valence-corrected chi connectivity index (χ0v) is 18.1. The maximum absolute atomic E-state index is 13.1. The number of imide groups is 2. The van der Waals surface area contributed by atoms with Crippen LogP contribution in [-0.4, -0.2) is 83.1 Å². The van der Waals surface area contributed by atoms with Gasteiger partial charge in [-0.25, -0.2) is 0 Å². The smallest absolute Gasteiger partial charge is 0.262 e. The molecule has 5 rings (SSSR count). The van der Waals surface area contributed by atoms with E-state index in [4.69, 9.17) is 5.73 Å². The normalized spacial score (nSPS) is 27.1. The predicted molar refractivity (Wildman–Crippen MR) is 116 cm³/mol. The number of hydrogen-bond donors (Lipinski definition) is 2. The maximum Gasteiger partial charge on any atom is 0.262 e. The molecular formula is C23H29N5O4. The Morgan fingerprint density at radius 3 is 2.50 bits per heavy atom. The number of piperazine rings is 1. The molecule has 3 aliphatic heterocycles. The van der Waals surface area contributed by atoms with Crippen molar-refractivity contribution in [3.8, 4) is 0 Å². The zero-order valence-electron chi connectivity index (χ0n) is 18.1. The molecule has 2 saturated heterocycles. The molecule has 0 aromatic heterocycles. The Labute approximate surface area is 186 Å². The highest BCUT2D eigenvalue weighted by atomic mass is 16.2. The Kier molecular flexibility index (Phi) is 5.56. The Bertz CT molecular complexity index is 975. The van der Waals surface area contributed by atoms with Crippen LogP contribution in [0.3, 0.4) is 0 Å². The molecule has 0 radical (unpaired) electrons. The van der Waals surface area contributed by atoms with E-state index in [0.29, 0.717) is 23.7 Å². The van der Waals surface area contributed by atoms with E-state index in [9.17, 15) is 19.2 Å². The Morgan fingerprint density at radius 1 is 1.00 bits per heavy atom. The molecular weight excluding hydrogens is 410 g/mol. The van der Waals surface area contributed by atoms with Gasteiger partial charge in [0.05, 0.1) is 11.1 Å². The van der Waals surface area contributed by atoms with Gasteiger partial charge in [-0.15, -0.1) is 0 Å². The molecule has 3 heterocycles. The number of carbonyl (C=O) groups is 4. The Morgan fingerprint density at radius 2 is 1.78 bits per heavy atom. The van der Waals surface area contributed by atoms with E-state index in [1.54, 1.807) is 12.1 Å². The van der Waals surface area contributed by atoms with Crippen molar-refractivity contribution < 1.29 is 19.2 Å². The van der Waals surface area contributed by atoms with Crippen LogP contribution >= 0.6 is 0 Å². The number of nitrogens with zero attached hydrogens (tertiary/aromatic N) is 3. The Hall–Kier alpha value is -2.62. The van der Waals surface area contributed by atoms with Gasteiger partial charge in [0.15, 0.2) is 0 Å². The lowest BCUT2D eigenvalue weighted by Gasteiger charge is -2.42. The van der Waals surface area contributed by atoms with Crippen LogP contribution in [0, 0.1) is 5.92 Å². The highest BCUT2D eigenvalue weighted by molar-refractivity contribution is 6.23. The molecule has 170 valence electrons. The second-order valence-corrected chi connectivity index (χ2v) is 9.29. The molecule has 2 atom stereocenters. The molecule has 0 spiro atoms. The first-order valence-corrected chi connectivity index (χ1v) is 11.5. The summed E-state index contributed by atoms with van der Waals surface area (Å²) in [5.41, 5.74) is 7.42. The van der Waals surface area contributed by atoms with Gasteiger partial charge in [-0.3, -0.25) is 39.2 Å². The number of rotatable bonds is 6. The summed E-state index contributed by atoms with van der Waals surface area (Å²) in [6, 6.07) is 4.97. The van der Waals surface area contributed by atoms with Gasteiger partial charge in [0.2, 0.25) is 11.8 Å². The molecule has 4 aliphatic rings. The summed E-state index contributed by atoms with van der Waals surface area (Å²) in [6.07, 6.45) is 2.80. The molecule has 3 fully saturated rings. The number of amides is 4. The lowest BCUT2D eigenvalue weighted by molar-refractivity contribution is -0.136. The van der Waals surface area contributed by atoms with Crippen molar-refractivity contribution in [2.24, 2.45) is 11.7 Å². The first-order valence-electron chi connectivity index (χ1n) is 11.5. The van der Waals surface area contributed by atoms with Crippen LogP contribution in [0.15, 0.2) is 18.2 Å². The summed E-state index contributed by atoms with van der Waals surface area (Å²) >= 11 is 0. The minimum atomic E-state index is -0.932. The SMILES string of the molecule is NCCN1CCN(Cc2ccc3c(c2)C(=O)N(C2CCC(=O)NC2=O)C3=O)C(C2CC2)C1. The number of fused-ring (bicyclic) bond motifs is 1. The van der Waals surface area contributed by atoms with E-state index in [0.717, 1.165) is 49.1 Å². The van der Waals surface area contributed by atoms with Gasteiger partial charge >= 0.3 is 0 Å². The minimum absolute atomic E-state index is 0.119. The third-order valence-corrected chi connectivity index (χ3v) is 7.12. The molecule has 0 bridgehead atoms. The van der Waals surface area contributed by atoms with Crippen LogP contribution in [0.4, 0.5) is 0 Å². The Balaban J connectivity index is 1.33. The van der Waals surface area contributed by atoms with Gasteiger partial charge in [-0.2, -0.15) is 0 Å². The molecule has 32 heavy (non-hydrogen) atoms. The topological polar surface area (TPSA) is 116 Å². The number of carbonyl (C=O) groups excluding carboxylic acids is 4. The van der Waals surface area contributed by atoms with Gasteiger partial charge < -0.3 is 5.73 Å². The third kappa shape index (κ3) is 3.85. The van der Waals surface area contributed by atoms with Gasteiger partial charge in [-0.05, 0) is 42.9 Å². The van der Waals surface area contributed by atoms with Gasteiger partial charge in [-0.1, -0.05) is 6.07 Å². The number of piperidine rings is 1. The number of hydrogen-bond acceptors (Lipinski definition) is 7. The lowest BCUT2D eigenvalue weighted by Crippen LogP contribution is -2.54. The molecule has 1 aromatic carbocycles. The summed E-state index contributed by atoms with van der Waals surface area (Å²) in [5.74, 6) is -1.15. The minimum Gasteiger partial charge on any atom is -0.329 e. The molecule has 9 heteroatoms. The van der Waals surface area contributed by atoms with E-state index in [2.05, 4.69) is 15.1 Å². The van der Waals surface area contributed by atoms with Crippen LogP contribution in [0.5, 0.6) is 0 Å². The molecule has 1 aromatic rings. The van der Waals surface area contributed by atoms with Crippen LogP contribution in [0.25, 0.3) is 0 Å². The lowest BCUT2D eigenvalue weighted by atomic mass is 10.0. The van der Waals surface area contributed by atoms with E-state index in [1.807, 2.05) is 6.07 Å². The average molecular weight is 440 g/mol. The fourth-order valence-electron chi connectivity index (χ4n) is 5.27. The van der Waals surface area contributed by atoms with Crippen molar-refractivity contribution >= 4 is 23.6 Å². The fourth-order valence-corrected chi connectivity index (χ4v) is 5.27. The summed E-state index contributed by atoms with van der Waals surface area (Å²) < 4.78 is 0. The summed E-state index contributed by atoms with van der Waals surface area (Å²) in [6.45, 7) is 5.27. The highest BCUT2D eigenvalue weighted by Gasteiger charge is 2.45. The van der Waals surface area contributed by atoms with Crippen LogP contribution in [-0.2, 0) is 16.1 Å². The molecule has 4 amide bonds. The van der Waals surface area contributed by atoms with Crippen LogP contribution in [0.2, 0.25) is 0 Å². The van der Waals surface area contributed by atoms with E-state index in [-0.39, 0.29) is 18.7 Å². The predicted octanol–water partition coefficient (Wildman–Crippen LogP) is -0.0573. The van der Waals surface area contributed by atoms with Crippen molar-refractivity contribution in [2.75, 3.05) is 32.7 Å². The number of nitrogens with one attached hydrogen (secondary N) is 1. The summed E-state index contributed by atoms with van der Waals surface area (Å²) in [5, 5.41) is 2.23. The zero-order chi connectivity index (χ0) is 22.4. The summed E-state index contributed by atoms with van der Waals surface area (Å²) in [4.78, 5) is 55.6. The highest BCUT2D eigenvalue weighted by Crippen LogP contribution is 2.38. The van der Waals surface area contributed by atoms with Crippen molar-refractivity contribution in [1.29, 1.82) is 0 Å². The molecule has 9 nitrogen and oxygen atoms in total. The van der Waals surface area contributed by atoms with Gasteiger partial charge in [0.1, 0.15) is 6.04 Å². The van der Waals surface area contributed by atoms with E-state index < -0.39 is 23.8 Å². The van der Waals surface area contributed by atoms with E-state index in [1.165, 1.54) is 12.8 Å². The average Bonchev–Trinajstić information content (AvgIpc) is 3.58. The number of benzene rings is 1. The first-order chi connectivity index (χ1) is 15.5. The van der Waals surface area contributed by atoms with Crippen LogP contribution < -0.4 is 11.1 Å². The quantitative estimate of drug-likeness (QED) is 0.597.